The molecule has 0 unspecified atom stereocenters. The zero-order chi connectivity index (χ0) is 15.8. The maximum Gasteiger partial charge on any atom is 0.222 e. The van der Waals surface area contributed by atoms with Crippen molar-refractivity contribution in [2.45, 2.75) is 24.3 Å². The second-order valence-corrected chi connectivity index (χ2v) is 6.23. The summed E-state index contributed by atoms with van der Waals surface area (Å²) in [5.74, 6) is 1.31. The van der Waals surface area contributed by atoms with Crippen LogP contribution >= 0.6 is 11.8 Å². The SMILES string of the molecule is CN(Cc1cccnc1)C(=O)CCCSc1ccc(O)cc1. The fourth-order valence-corrected chi connectivity index (χ4v) is 2.85. The van der Waals surface area contributed by atoms with E-state index >= 15 is 0 Å². The number of hydrogen-bond acceptors (Lipinski definition) is 4. The standard InChI is InChI=1S/C17H20N2O2S/c1-19(13-14-4-2-10-18-12-14)17(21)5-3-11-22-16-8-6-15(20)7-9-16/h2,4,6-10,12,20H,3,5,11,13H2,1H3. The molecule has 1 aromatic carbocycles. The molecule has 2 aromatic rings. The average Bonchev–Trinajstić information content (AvgIpc) is 2.54. The normalized spacial score (nSPS) is 10.4. The number of amides is 1. The van der Waals surface area contributed by atoms with Gasteiger partial charge in [0.15, 0.2) is 0 Å². The van der Waals surface area contributed by atoms with Crippen molar-refractivity contribution in [2.24, 2.45) is 0 Å². The van der Waals surface area contributed by atoms with Crippen LogP contribution in [0.5, 0.6) is 5.75 Å². The minimum absolute atomic E-state index is 0.148. The number of rotatable bonds is 7. The van der Waals surface area contributed by atoms with E-state index in [-0.39, 0.29) is 11.7 Å². The number of benzene rings is 1. The van der Waals surface area contributed by atoms with Crippen molar-refractivity contribution in [1.82, 2.24) is 9.88 Å². The Balaban J connectivity index is 1.67. The third-order valence-electron chi connectivity index (χ3n) is 3.21. The summed E-state index contributed by atoms with van der Waals surface area (Å²) < 4.78 is 0. The van der Waals surface area contributed by atoms with Gasteiger partial charge in [-0.1, -0.05) is 6.07 Å². The lowest BCUT2D eigenvalue weighted by molar-refractivity contribution is -0.130. The van der Waals surface area contributed by atoms with Crippen LogP contribution in [0.3, 0.4) is 0 Å². The summed E-state index contributed by atoms with van der Waals surface area (Å²) in [4.78, 5) is 19.0. The highest BCUT2D eigenvalue weighted by Crippen LogP contribution is 2.21. The molecule has 0 bridgehead atoms. The van der Waals surface area contributed by atoms with Crippen molar-refractivity contribution >= 4 is 17.7 Å². The summed E-state index contributed by atoms with van der Waals surface area (Å²) >= 11 is 1.69. The second-order valence-electron chi connectivity index (χ2n) is 5.06. The van der Waals surface area contributed by atoms with Crippen LogP contribution in [0.25, 0.3) is 0 Å². The van der Waals surface area contributed by atoms with Crippen molar-refractivity contribution in [3.63, 3.8) is 0 Å². The van der Waals surface area contributed by atoms with Crippen molar-refractivity contribution in [1.29, 1.82) is 0 Å². The van der Waals surface area contributed by atoms with Crippen LogP contribution < -0.4 is 0 Å². The van der Waals surface area contributed by atoms with Gasteiger partial charge in [0.05, 0.1) is 0 Å². The minimum atomic E-state index is 0.148. The van der Waals surface area contributed by atoms with E-state index in [1.165, 1.54) is 0 Å². The summed E-state index contributed by atoms with van der Waals surface area (Å²) in [6.45, 7) is 0.595. The van der Waals surface area contributed by atoms with Crippen LogP contribution in [0.4, 0.5) is 0 Å². The molecule has 0 fully saturated rings. The number of nitrogens with zero attached hydrogens (tertiary/aromatic N) is 2. The van der Waals surface area contributed by atoms with E-state index in [9.17, 15) is 9.90 Å². The highest BCUT2D eigenvalue weighted by atomic mass is 32.2. The Morgan fingerprint density at radius 1 is 1.27 bits per heavy atom. The van der Waals surface area contributed by atoms with Crippen LogP contribution in [0, 0.1) is 0 Å². The fourth-order valence-electron chi connectivity index (χ4n) is 2.00. The first-order chi connectivity index (χ1) is 10.6. The first kappa shape index (κ1) is 16.4. The highest BCUT2D eigenvalue weighted by Gasteiger charge is 2.09. The van der Waals surface area contributed by atoms with Crippen LogP contribution in [0.1, 0.15) is 18.4 Å². The maximum absolute atomic E-state index is 12.1. The molecule has 2 rings (SSSR count). The maximum atomic E-state index is 12.1. The molecule has 4 nitrogen and oxygen atoms in total. The first-order valence-corrected chi connectivity index (χ1v) is 8.18. The first-order valence-electron chi connectivity index (χ1n) is 7.20. The lowest BCUT2D eigenvalue weighted by Gasteiger charge is -2.17. The van der Waals surface area contributed by atoms with E-state index < -0.39 is 0 Å². The predicted octanol–water partition coefficient (Wildman–Crippen LogP) is 3.32. The number of hydrogen-bond donors (Lipinski definition) is 1. The zero-order valence-electron chi connectivity index (χ0n) is 12.6. The molecule has 1 amide bonds. The molecule has 0 atom stereocenters. The molecule has 1 aromatic heterocycles. The van der Waals surface area contributed by atoms with Gasteiger partial charge in [0.1, 0.15) is 5.75 Å². The Labute approximate surface area is 135 Å². The van der Waals surface area contributed by atoms with Gasteiger partial charge in [0.25, 0.3) is 0 Å². The molecule has 1 N–H and O–H groups in total. The van der Waals surface area contributed by atoms with Gasteiger partial charge in [0.2, 0.25) is 5.91 Å². The lowest BCUT2D eigenvalue weighted by Crippen LogP contribution is -2.26. The fraction of sp³-hybridized carbons (Fsp3) is 0.294. The van der Waals surface area contributed by atoms with Gasteiger partial charge >= 0.3 is 0 Å². The minimum Gasteiger partial charge on any atom is -0.508 e. The van der Waals surface area contributed by atoms with Gasteiger partial charge in [-0.3, -0.25) is 9.78 Å². The van der Waals surface area contributed by atoms with E-state index in [1.807, 2.05) is 31.3 Å². The molecule has 0 radical (unpaired) electrons. The number of thioether (sulfide) groups is 1. The van der Waals surface area contributed by atoms with Gasteiger partial charge in [0, 0.05) is 37.3 Å². The van der Waals surface area contributed by atoms with E-state index in [2.05, 4.69) is 4.98 Å². The summed E-state index contributed by atoms with van der Waals surface area (Å²) in [7, 11) is 1.82. The van der Waals surface area contributed by atoms with Crippen molar-refractivity contribution in [3.8, 4) is 5.75 Å². The molecular formula is C17H20N2O2S. The third-order valence-corrected chi connectivity index (χ3v) is 4.31. The van der Waals surface area contributed by atoms with Gasteiger partial charge in [-0.25, -0.2) is 0 Å². The number of aromatic hydroxyl groups is 1. The van der Waals surface area contributed by atoms with Crippen molar-refractivity contribution in [2.75, 3.05) is 12.8 Å². The van der Waals surface area contributed by atoms with E-state index in [0.29, 0.717) is 13.0 Å². The van der Waals surface area contributed by atoms with Crippen LogP contribution in [-0.2, 0) is 11.3 Å². The number of carbonyl (C=O) groups is 1. The van der Waals surface area contributed by atoms with Crippen molar-refractivity contribution < 1.29 is 9.90 Å². The number of pyridine rings is 1. The molecule has 1 heterocycles. The summed E-state index contributed by atoms with van der Waals surface area (Å²) in [6, 6.07) is 11.0. The van der Waals surface area contributed by atoms with E-state index in [0.717, 1.165) is 22.6 Å². The number of carbonyl (C=O) groups excluding carboxylic acids is 1. The summed E-state index contributed by atoms with van der Waals surface area (Å²) in [5, 5.41) is 9.22. The smallest absolute Gasteiger partial charge is 0.222 e. The zero-order valence-corrected chi connectivity index (χ0v) is 13.4. The quantitative estimate of drug-likeness (QED) is 0.629. The Kier molecular flexibility index (Phi) is 6.27. The molecular weight excluding hydrogens is 296 g/mol. The van der Waals surface area contributed by atoms with E-state index in [4.69, 9.17) is 0 Å². The van der Waals surface area contributed by atoms with Crippen molar-refractivity contribution in [3.05, 3.63) is 54.4 Å². The monoisotopic (exact) mass is 316 g/mol. The number of phenols is 1. The molecule has 5 heteroatoms. The van der Waals surface area contributed by atoms with Crippen LogP contribution in [0.2, 0.25) is 0 Å². The molecule has 0 aliphatic carbocycles. The van der Waals surface area contributed by atoms with Gasteiger partial charge < -0.3 is 10.0 Å². The Morgan fingerprint density at radius 2 is 2.05 bits per heavy atom. The molecule has 116 valence electrons. The molecule has 0 saturated heterocycles. The lowest BCUT2D eigenvalue weighted by atomic mass is 10.2. The summed E-state index contributed by atoms with van der Waals surface area (Å²) in [5.41, 5.74) is 1.04. The topological polar surface area (TPSA) is 53.4 Å². The molecule has 0 spiro atoms. The largest absolute Gasteiger partial charge is 0.508 e. The third kappa shape index (κ3) is 5.41. The average molecular weight is 316 g/mol. The van der Waals surface area contributed by atoms with Gasteiger partial charge in [-0.05, 0) is 48.1 Å². The van der Waals surface area contributed by atoms with E-state index in [1.54, 1.807) is 41.2 Å². The molecule has 0 aliphatic rings. The number of aromatic nitrogens is 1. The number of phenolic OH excluding ortho intramolecular Hbond substituents is 1. The highest BCUT2D eigenvalue weighted by molar-refractivity contribution is 7.99. The molecule has 0 saturated carbocycles. The van der Waals surface area contributed by atoms with Gasteiger partial charge in [-0.2, -0.15) is 0 Å². The second kappa shape index (κ2) is 8.44. The Bertz CT molecular complexity index is 587. The summed E-state index contributed by atoms with van der Waals surface area (Å²) in [6.07, 6.45) is 4.89. The molecule has 0 aliphatic heterocycles. The van der Waals surface area contributed by atoms with Crippen LogP contribution in [0.15, 0.2) is 53.7 Å². The Hall–Kier alpha value is -2.01. The van der Waals surface area contributed by atoms with Crippen LogP contribution in [-0.4, -0.2) is 33.7 Å². The predicted molar refractivity (Wildman–Crippen MR) is 88.8 cm³/mol. The Morgan fingerprint density at radius 3 is 2.73 bits per heavy atom. The molecule has 22 heavy (non-hydrogen) atoms. The van der Waals surface area contributed by atoms with Gasteiger partial charge in [-0.15, -0.1) is 11.8 Å².